The molecule has 2 heterocycles. The molecule has 25 heavy (non-hydrogen) atoms. The number of methoxy groups -OCH3 is 1. The molecule has 0 aromatic heterocycles. The molecule has 131 valence electrons. The standard InChI is InChI=1S/C16H21N5O3Si/c1-5-12-14(15(17)23)16(18-3)21(19-12)25-11-7-10(9-24-4)20(8-11)13(22)6-2/h1,6,10-11,19H,2,7-9H2,3-4H3,(H2,17,23)/q+1/t10-,11?/m1/s1. The second kappa shape index (κ2) is 8.00. The molecule has 1 saturated heterocycles. The quantitative estimate of drug-likeness (QED) is 0.375. The number of amidine groups is 1. The van der Waals surface area contributed by atoms with Crippen LogP contribution in [0.2, 0.25) is 5.54 Å². The summed E-state index contributed by atoms with van der Waals surface area (Å²) >= 11 is 0. The Labute approximate surface area is 148 Å². The predicted molar refractivity (Wildman–Crippen MR) is 93.5 cm³/mol. The van der Waals surface area contributed by atoms with Crippen molar-refractivity contribution in [3.8, 4) is 12.3 Å². The Morgan fingerprint density at radius 2 is 2.40 bits per heavy atom. The van der Waals surface area contributed by atoms with Gasteiger partial charge in [-0.2, -0.15) is 4.33 Å². The second-order valence-electron chi connectivity index (χ2n) is 5.62. The maximum atomic E-state index is 12.0. The highest BCUT2D eigenvalue weighted by molar-refractivity contribution is 6.27. The van der Waals surface area contributed by atoms with Gasteiger partial charge in [0.2, 0.25) is 5.91 Å². The third-order valence-corrected chi connectivity index (χ3v) is 5.42. The Morgan fingerprint density at radius 3 is 2.92 bits per heavy atom. The van der Waals surface area contributed by atoms with Gasteiger partial charge >= 0.3 is 15.1 Å². The summed E-state index contributed by atoms with van der Waals surface area (Å²) in [5.41, 5.74) is 9.13. The molecule has 0 saturated carbocycles. The molecule has 3 N–H and O–H groups in total. The van der Waals surface area contributed by atoms with Crippen molar-refractivity contribution < 1.29 is 18.7 Å². The number of carbonyl (C=O) groups is 2. The van der Waals surface area contributed by atoms with E-state index in [0.29, 0.717) is 24.7 Å². The zero-order valence-corrected chi connectivity index (χ0v) is 15.3. The molecule has 0 bridgehead atoms. The van der Waals surface area contributed by atoms with Gasteiger partial charge in [-0.3, -0.25) is 9.59 Å². The van der Waals surface area contributed by atoms with E-state index in [1.54, 1.807) is 23.4 Å². The Balaban J connectivity index is 2.27. The van der Waals surface area contributed by atoms with Crippen LogP contribution in [0.1, 0.15) is 6.42 Å². The summed E-state index contributed by atoms with van der Waals surface area (Å²) in [4.78, 5) is 29.6. The Morgan fingerprint density at radius 1 is 1.68 bits per heavy atom. The molecule has 2 aliphatic heterocycles. The lowest BCUT2D eigenvalue weighted by Crippen LogP contribution is -2.37. The lowest BCUT2D eigenvalue weighted by Gasteiger charge is -2.22. The van der Waals surface area contributed by atoms with E-state index in [1.807, 2.05) is 0 Å². The van der Waals surface area contributed by atoms with E-state index < -0.39 is 5.91 Å². The van der Waals surface area contributed by atoms with Gasteiger partial charge in [0, 0.05) is 19.2 Å². The molecule has 0 aliphatic carbocycles. The summed E-state index contributed by atoms with van der Waals surface area (Å²) in [7, 11) is 3.41. The van der Waals surface area contributed by atoms with Crippen molar-refractivity contribution in [2.45, 2.75) is 18.0 Å². The number of amides is 2. The first-order chi connectivity index (χ1) is 12.0. The van der Waals surface area contributed by atoms with E-state index >= 15 is 0 Å². The highest BCUT2D eigenvalue weighted by Gasteiger charge is 2.39. The van der Waals surface area contributed by atoms with Crippen molar-refractivity contribution in [1.29, 1.82) is 0 Å². The van der Waals surface area contributed by atoms with E-state index in [4.69, 9.17) is 16.9 Å². The summed E-state index contributed by atoms with van der Waals surface area (Å²) in [5.74, 6) is 2.12. The summed E-state index contributed by atoms with van der Waals surface area (Å²) in [6.45, 7) is 4.59. The molecule has 9 heteroatoms. The van der Waals surface area contributed by atoms with Crippen LogP contribution in [-0.2, 0) is 14.3 Å². The van der Waals surface area contributed by atoms with Crippen LogP contribution in [0.4, 0.5) is 0 Å². The van der Waals surface area contributed by atoms with Crippen LogP contribution in [0, 0.1) is 12.3 Å². The maximum absolute atomic E-state index is 12.0. The molecular weight excluding hydrogens is 338 g/mol. The van der Waals surface area contributed by atoms with E-state index in [0.717, 1.165) is 6.42 Å². The fourth-order valence-electron chi connectivity index (χ4n) is 3.02. The normalized spacial score (nSPS) is 26.0. The van der Waals surface area contributed by atoms with Gasteiger partial charge < -0.3 is 15.4 Å². The van der Waals surface area contributed by atoms with Crippen LogP contribution in [0.25, 0.3) is 0 Å². The molecule has 0 spiro atoms. The number of nitrogens with one attached hydrogen (secondary N) is 1. The number of hydrogen-bond acceptors (Lipinski definition) is 5. The van der Waals surface area contributed by atoms with E-state index in [-0.39, 0.29) is 32.4 Å². The van der Waals surface area contributed by atoms with Gasteiger partial charge in [-0.25, -0.2) is 5.43 Å². The molecule has 0 aromatic rings. The van der Waals surface area contributed by atoms with Crippen LogP contribution in [-0.4, -0.2) is 69.5 Å². The first-order valence-corrected chi connectivity index (χ1v) is 8.72. The molecule has 2 atom stereocenters. The second-order valence-corrected chi connectivity index (χ2v) is 7.14. The van der Waals surface area contributed by atoms with Crippen LogP contribution in [0.15, 0.2) is 28.9 Å². The number of rotatable bonds is 5. The zero-order chi connectivity index (χ0) is 18.6. The third-order valence-electron chi connectivity index (χ3n) is 4.05. The number of aliphatic imine (C=N–C) groups is 1. The summed E-state index contributed by atoms with van der Waals surface area (Å²) in [6.07, 6.45) is 7.54. The largest absolute Gasteiger partial charge is 0.383 e. The number of primary amides is 1. The monoisotopic (exact) mass is 359 g/mol. The van der Waals surface area contributed by atoms with Crippen molar-refractivity contribution >= 4 is 27.0 Å². The number of terminal acetylenes is 1. The average Bonchev–Trinajstić information content (AvgIpc) is 3.15. The number of nitrogens with zero attached hydrogens (tertiary/aromatic N) is 3. The van der Waals surface area contributed by atoms with Gasteiger partial charge in [-0.1, -0.05) is 11.6 Å². The van der Waals surface area contributed by atoms with Crippen LogP contribution in [0.5, 0.6) is 0 Å². The highest BCUT2D eigenvalue weighted by Crippen LogP contribution is 2.27. The van der Waals surface area contributed by atoms with Crippen molar-refractivity contribution in [2.24, 2.45) is 10.7 Å². The molecule has 2 amide bonds. The lowest BCUT2D eigenvalue weighted by molar-refractivity contribution is -0.445. The minimum atomic E-state index is -0.625. The Kier molecular flexibility index (Phi) is 6.00. The smallest absolute Gasteiger partial charge is 0.341 e. The Hall–Kier alpha value is -2.57. The van der Waals surface area contributed by atoms with Gasteiger partial charge in [0.15, 0.2) is 5.57 Å². The van der Waals surface area contributed by atoms with Crippen LogP contribution in [0.3, 0.4) is 0 Å². The minimum Gasteiger partial charge on any atom is -0.383 e. The molecular formula is C16H21N5O3Si+. The molecule has 1 unspecified atom stereocenters. The number of carbonyl (C=O) groups excluding carboxylic acids is 2. The Bertz CT molecular complexity index is 735. The maximum Gasteiger partial charge on any atom is 0.341 e. The van der Waals surface area contributed by atoms with Crippen molar-refractivity contribution in [1.82, 2.24) is 10.3 Å². The molecule has 1 fully saturated rings. The van der Waals surface area contributed by atoms with Gasteiger partial charge in [-0.05, 0) is 18.4 Å². The van der Waals surface area contributed by atoms with Crippen molar-refractivity contribution in [3.63, 3.8) is 0 Å². The number of hydrazine groups is 1. The summed E-state index contributed by atoms with van der Waals surface area (Å²) in [5, 5.41) is 0. The number of hydrogen-bond donors (Lipinski definition) is 2. The molecule has 1 radical (unpaired) electrons. The first-order valence-electron chi connectivity index (χ1n) is 7.69. The summed E-state index contributed by atoms with van der Waals surface area (Å²) < 4.78 is 6.96. The number of likely N-dealkylation sites (tertiary alicyclic amines) is 1. The van der Waals surface area contributed by atoms with E-state index in [2.05, 4.69) is 22.9 Å². The fraction of sp³-hybridized carbons (Fsp3) is 0.438. The van der Waals surface area contributed by atoms with Gasteiger partial charge in [0.1, 0.15) is 12.7 Å². The van der Waals surface area contributed by atoms with Crippen molar-refractivity contribution in [3.05, 3.63) is 23.9 Å². The topological polar surface area (TPSA) is 100 Å². The minimum absolute atomic E-state index is 0.00621. The summed E-state index contributed by atoms with van der Waals surface area (Å²) in [6, 6.07) is -0.00621. The van der Waals surface area contributed by atoms with Crippen molar-refractivity contribution in [2.75, 3.05) is 27.3 Å². The average molecular weight is 359 g/mol. The van der Waals surface area contributed by atoms with Gasteiger partial charge in [0.25, 0.3) is 5.91 Å². The number of nitrogens with two attached hydrogens (primary N) is 1. The van der Waals surface area contributed by atoms with Crippen LogP contribution < -0.4 is 11.2 Å². The number of allylic oxidation sites excluding steroid dienone is 1. The van der Waals surface area contributed by atoms with Gasteiger partial charge in [0.05, 0.1) is 12.6 Å². The molecule has 2 aliphatic rings. The van der Waals surface area contributed by atoms with Crippen LogP contribution >= 0.6 is 0 Å². The molecule has 2 rings (SSSR count). The lowest BCUT2D eigenvalue weighted by atomic mass is 10.2. The zero-order valence-electron chi connectivity index (χ0n) is 14.3. The SMILES string of the molecule is C#CC1=C(C(N)=O)C(=NC)[N+](=[Si]C2C[C@H](COC)N(C(=O)C=C)C2)N1. The fourth-order valence-corrected chi connectivity index (χ4v) is 4.55. The highest BCUT2D eigenvalue weighted by atomic mass is 28.2. The molecule has 0 aromatic carbocycles. The number of ether oxygens (including phenoxy) is 1. The van der Waals surface area contributed by atoms with Gasteiger partial charge in [-0.15, -0.1) is 6.42 Å². The van der Waals surface area contributed by atoms with E-state index in [1.165, 1.54) is 6.08 Å². The third kappa shape index (κ3) is 3.75. The first kappa shape index (κ1) is 18.8. The molecule has 8 nitrogen and oxygen atoms in total. The van der Waals surface area contributed by atoms with E-state index in [9.17, 15) is 9.59 Å². The predicted octanol–water partition coefficient (Wildman–Crippen LogP) is -0.972.